The van der Waals surface area contributed by atoms with Crippen LogP contribution in [-0.2, 0) is 0 Å². The number of likely N-dealkylation sites (tertiary alicyclic amines) is 1. The smallest absolute Gasteiger partial charge is 0.326 e. The summed E-state index contributed by atoms with van der Waals surface area (Å²) in [6, 6.07) is 1.05. The van der Waals surface area contributed by atoms with E-state index >= 15 is 0 Å². The van der Waals surface area contributed by atoms with Gasteiger partial charge < -0.3 is 20.9 Å². The zero-order valence-electron chi connectivity index (χ0n) is 18.2. The van der Waals surface area contributed by atoms with Crippen molar-refractivity contribution in [3.05, 3.63) is 51.4 Å². The summed E-state index contributed by atoms with van der Waals surface area (Å²) in [5.74, 6) is -1.36. The number of halogens is 2. The van der Waals surface area contributed by atoms with Gasteiger partial charge in [-0.3, -0.25) is 10.1 Å². The van der Waals surface area contributed by atoms with Crippen molar-refractivity contribution < 1.29 is 13.6 Å². The summed E-state index contributed by atoms with van der Waals surface area (Å²) in [6.45, 7) is 5.05. The maximum Gasteiger partial charge on any atom is 0.326 e. The third-order valence-electron chi connectivity index (χ3n) is 5.76. The maximum atomic E-state index is 13.9. The molecule has 1 saturated heterocycles. The van der Waals surface area contributed by atoms with Crippen molar-refractivity contribution in [3.8, 4) is 0 Å². The molecule has 8 nitrogen and oxygen atoms in total. The third kappa shape index (κ3) is 6.33. The summed E-state index contributed by atoms with van der Waals surface area (Å²) in [5.41, 5.74) is 5.53. The molecule has 10 heteroatoms. The number of aryl methyl sites for hydroxylation is 1. The quantitative estimate of drug-likeness (QED) is 0.463. The fraction of sp³-hybridized carbons (Fsp3) is 0.500. The number of nitrogens with zero attached hydrogens (tertiary/aromatic N) is 2. The molecule has 1 aliphatic rings. The minimum absolute atomic E-state index is 0.0680. The Morgan fingerprint density at radius 1 is 1.19 bits per heavy atom. The number of unbranched alkanes of at least 4 members (excludes halogenated alkanes) is 2. The Morgan fingerprint density at radius 3 is 2.62 bits per heavy atom. The van der Waals surface area contributed by atoms with E-state index in [1.54, 1.807) is 6.20 Å². The molecular weight excluding hydrogens is 418 g/mol. The Labute approximate surface area is 185 Å². The van der Waals surface area contributed by atoms with E-state index in [4.69, 9.17) is 5.73 Å². The van der Waals surface area contributed by atoms with Crippen LogP contribution in [0.4, 0.5) is 25.2 Å². The minimum atomic E-state index is -0.842. The van der Waals surface area contributed by atoms with Crippen LogP contribution in [0.2, 0.25) is 0 Å². The number of piperidine rings is 1. The first-order valence-electron chi connectivity index (χ1n) is 10.9. The first-order valence-corrected chi connectivity index (χ1v) is 10.9. The van der Waals surface area contributed by atoms with Crippen LogP contribution in [0, 0.1) is 18.6 Å². The van der Waals surface area contributed by atoms with E-state index < -0.39 is 23.2 Å². The molecule has 0 unspecified atom stereocenters. The highest BCUT2D eigenvalue weighted by Gasteiger charge is 2.23. The second-order valence-corrected chi connectivity index (χ2v) is 8.14. The molecule has 5 N–H and O–H groups in total. The average Bonchev–Trinajstić information content (AvgIpc) is 2.76. The average molecular weight is 449 g/mol. The van der Waals surface area contributed by atoms with Gasteiger partial charge in [0, 0.05) is 17.8 Å². The molecule has 0 radical (unpaired) electrons. The number of urea groups is 1. The fourth-order valence-corrected chi connectivity index (χ4v) is 3.89. The standard InChI is InChI=1S/C22H30F2N6O2/c1-14-11-18(24)19(12-17(14)23)27-22(32)29-21-26-13-16(20(31)28-21)15-5-9-30(10-6-15)8-4-2-3-7-25/h11-13,15H,2-10,25H2,1H3,(H3,26,27,28,29,31,32). The van der Waals surface area contributed by atoms with Gasteiger partial charge in [0.05, 0.1) is 5.69 Å². The van der Waals surface area contributed by atoms with Crippen LogP contribution in [-0.4, -0.2) is 47.1 Å². The second-order valence-electron chi connectivity index (χ2n) is 8.14. The lowest BCUT2D eigenvalue weighted by atomic mass is 9.91. The number of benzene rings is 1. The summed E-state index contributed by atoms with van der Waals surface area (Å²) < 4.78 is 27.5. The molecule has 1 aromatic carbocycles. The Morgan fingerprint density at radius 2 is 1.94 bits per heavy atom. The number of carbonyl (C=O) groups is 1. The summed E-state index contributed by atoms with van der Waals surface area (Å²) in [7, 11) is 0. The van der Waals surface area contributed by atoms with Crippen molar-refractivity contribution in [2.45, 2.75) is 44.9 Å². The van der Waals surface area contributed by atoms with E-state index in [0.717, 1.165) is 70.4 Å². The molecule has 1 fully saturated rings. The number of nitrogens with two attached hydrogens (primary N) is 1. The molecule has 0 atom stereocenters. The Balaban J connectivity index is 1.54. The zero-order valence-corrected chi connectivity index (χ0v) is 18.2. The molecule has 2 amide bonds. The van der Waals surface area contributed by atoms with Gasteiger partial charge in [0.25, 0.3) is 5.56 Å². The van der Waals surface area contributed by atoms with E-state index in [-0.39, 0.29) is 23.1 Å². The van der Waals surface area contributed by atoms with Gasteiger partial charge >= 0.3 is 6.03 Å². The Kier molecular flexibility index (Phi) is 8.29. The monoisotopic (exact) mass is 448 g/mol. The third-order valence-corrected chi connectivity index (χ3v) is 5.76. The van der Waals surface area contributed by atoms with E-state index in [0.29, 0.717) is 5.56 Å². The van der Waals surface area contributed by atoms with Gasteiger partial charge in [-0.1, -0.05) is 6.42 Å². The molecule has 2 aromatic rings. The van der Waals surface area contributed by atoms with Crippen molar-refractivity contribution in [2.24, 2.45) is 5.73 Å². The van der Waals surface area contributed by atoms with Gasteiger partial charge in [-0.2, -0.15) is 4.98 Å². The number of aromatic amines is 1. The highest BCUT2D eigenvalue weighted by atomic mass is 19.1. The summed E-state index contributed by atoms with van der Waals surface area (Å²) in [5, 5.41) is 4.55. The Hall–Kier alpha value is -2.85. The van der Waals surface area contributed by atoms with Gasteiger partial charge in [-0.05, 0) is 76.3 Å². The molecule has 174 valence electrons. The molecule has 32 heavy (non-hydrogen) atoms. The SMILES string of the molecule is Cc1cc(F)c(NC(=O)Nc2nc(=O)c(C3CCN(CCCCCN)CC3)c[nH]2)cc1F. The predicted molar refractivity (Wildman–Crippen MR) is 120 cm³/mol. The van der Waals surface area contributed by atoms with Crippen LogP contribution in [0.3, 0.4) is 0 Å². The molecule has 0 aliphatic carbocycles. The Bertz CT molecular complexity index is 989. The molecule has 0 bridgehead atoms. The molecule has 3 rings (SSSR count). The lowest BCUT2D eigenvalue weighted by Gasteiger charge is -2.31. The number of aromatic nitrogens is 2. The number of carbonyl (C=O) groups excluding carboxylic acids is 1. The molecule has 1 aliphatic heterocycles. The van der Waals surface area contributed by atoms with Crippen LogP contribution in [0.25, 0.3) is 0 Å². The van der Waals surface area contributed by atoms with E-state index in [2.05, 4.69) is 25.5 Å². The highest BCUT2D eigenvalue weighted by molar-refractivity contribution is 5.98. The van der Waals surface area contributed by atoms with Crippen LogP contribution in [0.15, 0.2) is 23.1 Å². The molecule has 0 saturated carbocycles. The highest BCUT2D eigenvalue weighted by Crippen LogP contribution is 2.26. The van der Waals surface area contributed by atoms with E-state index in [9.17, 15) is 18.4 Å². The first-order chi connectivity index (χ1) is 15.4. The molecule has 1 aromatic heterocycles. The molecule has 0 spiro atoms. The van der Waals surface area contributed by atoms with Gasteiger partial charge in [-0.25, -0.2) is 13.6 Å². The number of amides is 2. The van der Waals surface area contributed by atoms with Crippen molar-refractivity contribution in [2.75, 3.05) is 36.8 Å². The topological polar surface area (TPSA) is 116 Å². The number of anilines is 2. The van der Waals surface area contributed by atoms with Crippen molar-refractivity contribution in [1.29, 1.82) is 0 Å². The largest absolute Gasteiger partial charge is 0.332 e. The number of nitrogens with one attached hydrogen (secondary N) is 3. The molecular formula is C22H30F2N6O2. The van der Waals surface area contributed by atoms with Crippen LogP contribution >= 0.6 is 0 Å². The van der Waals surface area contributed by atoms with Gasteiger partial charge in [0.2, 0.25) is 5.95 Å². The summed E-state index contributed by atoms with van der Waals surface area (Å²) in [4.78, 5) is 33.7. The minimum Gasteiger partial charge on any atom is -0.332 e. The number of H-pyrrole nitrogens is 1. The van der Waals surface area contributed by atoms with Crippen molar-refractivity contribution >= 4 is 17.7 Å². The van der Waals surface area contributed by atoms with Gasteiger partial charge in [0.15, 0.2) is 0 Å². The van der Waals surface area contributed by atoms with Crippen LogP contribution < -0.4 is 21.9 Å². The number of rotatable bonds is 8. The lowest BCUT2D eigenvalue weighted by Crippen LogP contribution is -2.35. The van der Waals surface area contributed by atoms with Crippen LogP contribution in [0.1, 0.15) is 49.1 Å². The van der Waals surface area contributed by atoms with Crippen molar-refractivity contribution in [3.63, 3.8) is 0 Å². The summed E-state index contributed by atoms with van der Waals surface area (Å²) >= 11 is 0. The fourth-order valence-electron chi connectivity index (χ4n) is 3.89. The van der Waals surface area contributed by atoms with Crippen molar-refractivity contribution in [1.82, 2.24) is 14.9 Å². The van der Waals surface area contributed by atoms with Gasteiger partial charge in [-0.15, -0.1) is 0 Å². The normalized spacial score (nSPS) is 15.0. The van der Waals surface area contributed by atoms with E-state index in [1.807, 2.05) is 0 Å². The first kappa shape index (κ1) is 23.8. The number of hydrogen-bond donors (Lipinski definition) is 4. The summed E-state index contributed by atoms with van der Waals surface area (Å²) in [6.07, 6.45) is 6.62. The van der Waals surface area contributed by atoms with Gasteiger partial charge in [0.1, 0.15) is 11.6 Å². The second kappa shape index (κ2) is 11.1. The van der Waals surface area contributed by atoms with E-state index in [1.165, 1.54) is 6.92 Å². The zero-order chi connectivity index (χ0) is 23.1. The number of hydrogen-bond acceptors (Lipinski definition) is 5. The predicted octanol–water partition coefficient (Wildman–Crippen LogP) is 3.31. The maximum absolute atomic E-state index is 13.9. The molecule has 2 heterocycles. The lowest BCUT2D eigenvalue weighted by molar-refractivity contribution is 0.208. The van der Waals surface area contributed by atoms with Crippen LogP contribution in [0.5, 0.6) is 0 Å².